The summed E-state index contributed by atoms with van der Waals surface area (Å²) in [6.07, 6.45) is 4.44. The van der Waals surface area contributed by atoms with Gasteiger partial charge in [0, 0.05) is 24.2 Å². The molecular formula is C23H21ClF2N6O2. The molecule has 0 radical (unpaired) electrons. The number of carbonyl (C=O) groups is 1. The average Bonchev–Trinajstić information content (AvgIpc) is 3.49. The number of anilines is 1. The fourth-order valence-corrected chi connectivity index (χ4v) is 4.53. The first kappa shape index (κ1) is 22.3. The van der Waals surface area contributed by atoms with Crippen molar-refractivity contribution in [3.63, 3.8) is 0 Å². The Labute approximate surface area is 198 Å². The average molecular weight is 487 g/mol. The summed E-state index contributed by atoms with van der Waals surface area (Å²) in [6, 6.07) is 7.40. The number of nitrogens with one attached hydrogen (secondary N) is 1. The maximum Gasteiger partial charge on any atom is 0.295 e. The van der Waals surface area contributed by atoms with Gasteiger partial charge in [-0.3, -0.25) is 4.79 Å². The highest BCUT2D eigenvalue weighted by Gasteiger charge is 2.35. The molecule has 2 atom stereocenters. The lowest BCUT2D eigenvalue weighted by molar-refractivity contribution is 0.0533. The van der Waals surface area contributed by atoms with Gasteiger partial charge in [0.25, 0.3) is 11.9 Å². The number of likely N-dealkylation sites (tertiary alicyclic amines) is 1. The largest absolute Gasteiger partial charge is 0.424 e. The van der Waals surface area contributed by atoms with Crippen LogP contribution in [0.2, 0.25) is 5.02 Å². The highest BCUT2D eigenvalue weighted by atomic mass is 35.5. The smallest absolute Gasteiger partial charge is 0.295 e. The van der Waals surface area contributed by atoms with Crippen LogP contribution in [0.4, 0.5) is 14.8 Å². The number of halogens is 3. The van der Waals surface area contributed by atoms with Gasteiger partial charge in [0.2, 0.25) is 0 Å². The minimum Gasteiger partial charge on any atom is -0.424 e. The summed E-state index contributed by atoms with van der Waals surface area (Å²) in [4.78, 5) is 20.7. The fourth-order valence-electron chi connectivity index (χ4n) is 4.37. The molecule has 0 aliphatic carbocycles. The summed E-state index contributed by atoms with van der Waals surface area (Å²) < 4.78 is 34.8. The molecule has 11 heteroatoms. The van der Waals surface area contributed by atoms with Crippen LogP contribution >= 0.6 is 11.6 Å². The van der Waals surface area contributed by atoms with E-state index in [9.17, 15) is 13.6 Å². The van der Waals surface area contributed by atoms with Crippen LogP contribution in [0.1, 0.15) is 30.1 Å². The number of piperidine rings is 1. The number of aromatic nitrogens is 4. The first-order valence-corrected chi connectivity index (χ1v) is 11.3. The van der Waals surface area contributed by atoms with Crippen molar-refractivity contribution in [2.24, 2.45) is 5.92 Å². The molecule has 1 fully saturated rings. The van der Waals surface area contributed by atoms with E-state index in [2.05, 4.69) is 20.5 Å². The zero-order chi connectivity index (χ0) is 23.8. The van der Waals surface area contributed by atoms with Crippen LogP contribution in [0, 0.1) is 17.6 Å². The predicted molar refractivity (Wildman–Crippen MR) is 122 cm³/mol. The third kappa shape index (κ3) is 4.09. The van der Waals surface area contributed by atoms with E-state index in [4.69, 9.17) is 16.0 Å². The monoisotopic (exact) mass is 486 g/mol. The number of rotatable bonds is 5. The number of amides is 1. The fraction of sp³-hybridized carbons (Fsp3) is 0.304. The van der Waals surface area contributed by atoms with Gasteiger partial charge in [-0.15, -0.1) is 0 Å². The van der Waals surface area contributed by atoms with Crippen LogP contribution in [-0.4, -0.2) is 49.9 Å². The van der Waals surface area contributed by atoms with Crippen LogP contribution < -0.4 is 5.32 Å². The number of hydrogen-bond acceptors (Lipinski definition) is 6. The van der Waals surface area contributed by atoms with Gasteiger partial charge in [0.05, 0.1) is 18.4 Å². The Morgan fingerprint density at radius 2 is 2.03 bits per heavy atom. The van der Waals surface area contributed by atoms with Crippen molar-refractivity contribution in [3.8, 4) is 5.69 Å². The summed E-state index contributed by atoms with van der Waals surface area (Å²) in [5.74, 6) is -2.84. The Bertz CT molecular complexity index is 1340. The Hall–Kier alpha value is -3.53. The van der Waals surface area contributed by atoms with Gasteiger partial charge in [0.15, 0.2) is 17.2 Å². The highest BCUT2D eigenvalue weighted by molar-refractivity contribution is 6.31. The van der Waals surface area contributed by atoms with Crippen LogP contribution in [0.15, 0.2) is 47.1 Å². The third-order valence-electron chi connectivity index (χ3n) is 6.11. The molecule has 0 bridgehead atoms. The van der Waals surface area contributed by atoms with Gasteiger partial charge >= 0.3 is 0 Å². The molecule has 176 valence electrons. The Morgan fingerprint density at radius 1 is 1.24 bits per heavy atom. The SMILES string of the molecule is CC1CCCN(C(=O)c2c(-n3nccn3)ccc(F)c2F)C1CNc1nc2ccc(Cl)cc2o1. The van der Waals surface area contributed by atoms with Crippen molar-refractivity contribution in [2.45, 2.75) is 25.8 Å². The Kier molecular flexibility index (Phi) is 5.91. The molecule has 2 unspecified atom stereocenters. The predicted octanol–water partition coefficient (Wildman–Crippen LogP) is 4.69. The quantitative estimate of drug-likeness (QED) is 0.440. The minimum atomic E-state index is -1.22. The standard InChI is InChI=1S/C23H21ClF2N6O2/c1-13-3-2-10-31(18(13)12-27-23-30-16-6-4-14(24)11-19(16)34-23)22(33)20-17(32-28-8-9-29-32)7-5-15(25)21(20)26/h4-9,11,13,18H,2-3,10,12H2,1H3,(H,27,30). The summed E-state index contributed by atoms with van der Waals surface area (Å²) in [7, 11) is 0. The van der Waals surface area contributed by atoms with E-state index >= 15 is 0 Å². The van der Waals surface area contributed by atoms with E-state index in [-0.39, 0.29) is 17.6 Å². The summed E-state index contributed by atoms with van der Waals surface area (Å²) in [6.45, 7) is 2.75. The Balaban J connectivity index is 1.44. The molecule has 1 aliphatic rings. The van der Waals surface area contributed by atoms with Gasteiger partial charge in [-0.25, -0.2) is 8.78 Å². The molecule has 34 heavy (non-hydrogen) atoms. The lowest BCUT2D eigenvalue weighted by Crippen LogP contribution is -2.51. The number of fused-ring (bicyclic) bond motifs is 1. The lowest BCUT2D eigenvalue weighted by Gasteiger charge is -2.40. The second-order valence-corrected chi connectivity index (χ2v) is 8.71. The Morgan fingerprint density at radius 3 is 2.82 bits per heavy atom. The molecule has 1 N–H and O–H groups in total. The van der Waals surface area contributed by atoms with E-state index < -0.39 is 23.1 Å². The van der Waals surface area contributed by atoms with Gasteiger partial charge in [-0.2, -0.15) is 20.0 Å². The second-order valence-electron chi connectivity index (χ2n) is 8.27. The maximum atomic E-state index is 14.9. The van der Waals surface area contributed by atoms with Crippen LogP contribution in [0.3, 0.4) is 0 Å². The molecule has 2 aromatic heterocycles. The molecule has 1 aliphatic heterocycles. The molecule has 1 saturated heterocycles. The van der Waals surface area contributed by atoms with Crippen molar-refractivity contribution in [3.05, 3.63) is 64.9 Å². The highest BCUT2D eigenvalue weighted by Crippen LogP contribution is 2.29. The van der Waals surface area contributed by atoms with Gasteiger partial charge in [-0.05, 0) is 43.0 Å². The van der Waals surface area contributed by atoms with E-state index in [1.54, 1.807) is 23.1 Å². The molecule has 1 amide bonds. The van der Waals surface area contributed by atoms with E-state index in [0.717, 1.165) is 23.7 Å². The number of nitrogens with zero attached hydrogens (tertiary/aromatic N) is 5. The van der Waals surface area contributed by atoms with Gasteiger partial charge in [-0.1, -0.05) is 18.5 Å². The summed E-state index contributed by atoms with van der Waals surface area (Å²) >= 11 is 6.01. The first-order chi connectivity index (χ1) is 16.4. The topological polar surface area (TPSA) is 89.1 Å². The van der Waals surface area contributed by atoms with E-state index in [1.807, 2.05) is 6.92 Å². The number of carbonyl (C=O) groups excluding carboxylic acids is 1. The van der Waals surface area contributed by atoms with Crippen molar-refractivity contribution >= 4 is 34.6 Å². The molecule has 5 rings (SSSR count). The summed E-state index contributed by atoms with van der Waals surface area (Å²) in [5, 5.41) is 11.7. The van der Waals surface area contributed by atoms with Crippen molar-refractivity contribution in [2.75, 3.05) is 18.4 Å². The van der Waals surface area contributed by atoms with Crippen LogP contribution in [0.25, 0.3) is 16.8 Å². The second kappa shape index (κ2) is 9.02. The molecule has 3 heterocycles. The van der Waals surface area contributed by atoms with Crippen LogP contribution in [0.5, 0.6) is 0 Å². The van der Waals surface area contributed by atoms with Crippen molar-refractivity contribution < 1.29 is 18.0 Å². The van der Waals surface area contributed by atoms with E-state index in [1.165, 1.54) is 18.5 Å². The maximum absolute atomic E-state index is 14.9. The third-order valence-corrected chi connectivity index (χ3v) is 6.35. The normalized spacial score (nSPS) is 18.4. The molecule has 2 aromatic carbocycles. The zero-order valence-corrected chi connectivity index (χ0v) is 19.0. The molecule has 8 nitrogen and oxygen atoms in total. The number of oxazole rings is 1. The molecule has 0 saturated carbocycles. The van der Waals surface area contributed by atoms with Crippen molar-refractivity contribution in [1.82, 2.24) is 24.9 Å². The molecule has 0 spiro atoms. The number of benzene rings is 2. The number of hydrogen-bond donors (Lipinski definition) is 1. The first-order valence-electron chi connectivity index (χ1n) is 10.9. The molecular weight excluding hydrogens is 466 g/mol. The van der Waals surface area contributed by atoms with Crippen molar-refractivity contribution in [1.29, 1.82) is 0 Å². The summed E-state index contributed by atoms with van der Waals surface area (Å²) in [5.41, 5.74) is 0.869. The lowest BCUT2D eigenvalue weighted by atomic mass is 9.90. The van der Waals surface area contributed by atoms with Crippen LogP contribution in [-0.2, 0) is 0 Å². The zero-order valence-electron chi connectivity index (χ0n) is 18.2. The van der Waals surface area contributed by atoms with Gasteiger partial charge in [0.1, 0.15) is 16.8 Å². The minimum absolute atomic E-state index is 0.0784. The van der Waals surface area contributed by atoms with E-state index in [0.29, 0.717) is 35.2 Å². The molecule has 4 aromatic rings. The van der Waals surface area contributed by atoms with Gasteiger partial charge < -0.3 is 14.6 Å².